The lowest BCUT2D eigenvalue weighted by Gasteiger charge is -2.08. The SMILES string of the molecule is Nc1cccc(Cl)c1C(=O)OCCc1ccsc1. The van der Waals surface area contributed by atoms with Crippen molar-refractivity contribution >= 4 is 34.6 Å². The first-order chi connectivity index (χ1) is 8.68. The highest BCUT2D eigenvalue weighted by atomic mass is 35.5. The summed E-state index contributed by atoms with van der Waals surface area (Å²) in [6.45, 7) is 0.320. The Morgan fingerprint density at radius 3 is 2.89 bits per heavy atom. The number of benzene rings is 1. The van der Waals surface area contributed by atoms with Crippen LogP contribution in [0.5, 0.6) is 0 Å². The third kappa shape index (κ3) is 3.03. The number of hydrogen-bond donors (Lipinski definition) is 1. The van der Waals surface area contributed by atoms with Gasteiger partial charge in [0.25, 0.3) is 0 Å². The average molecular weight is 282 g/mol. The van der Waals surface area contributed by atoms with E-state index in [9.17, 15) is 4.79 Å². The molecule has 0 fully saturated rings. The Bertz CT molecular complexity index is 520. The Hall–Kier alpha value is -1.52. The Labute approximate surface area is 114 Å². The van der Waals surface area contributed by atoms with Gasteiger partial charge in [-0.1, -0.05) is 17.7 Å². The van der Waals surface area contributed by atoms with Gasteiger partial charge < -0.3 is 10.5 Å². The Balaban J connectivity index is 1.96. The minimum Gasteiger partial charge on any atom is -0.462 e. The first-order valence-electron chi connectivity index (χ1n) is 5.40. The smallest absolute Gasteiger partial charge is 0.341 e. The largest absolute Gasteiger partial charge is 0.462 e. The van der Waals surface area contributed by atoms with E-state index in [0.717, 1.165) is 5.56 Å². The monoisotopic (exact) mass is 281 g/mol. The van der Waals surface area contributed by atoms with E-state index in [1.165, 1.54) is 0 Å². The molecular weight excluding hydrogens is 270 g/mol. The Morgan fingerprint density at radius 2 is 2.22 bits per heavy atom. The topological polar surface area (TPSA) is 52.3 Å². The quantitative estimate of drug-likeness (QED) is 0.690. The van der Waals surface area contributed by atoms with Crippen molar-refractivity contribution < 1.29 is 9.53 Å². The van der Waals surface area contributed by atoms with E-state index in [2.05, 4.69) is 0 Å². The third-order valence-electron chi connectivity index (χ3n) is 2.45. The molecule has 0 atom stereocenters. The highest BCUT2D eigenvalue weighted by Gasteiger charge is 2.15. The molecule has 18 heavy (non-hydrogen) atoms. The van der Waals surface area contributed by atoms with Gasteiger partial charge in [0.15, 0.2) is 0 Å². The zero-order valence-corrected chi connectivity index (χ0v) is 11.1. The maximum atomic E-state index is 11.8. The highest BCUT2D eigenvalue weighted by molar-refractivity contribution is 7.07. The molecule has 0 aliphatic rings. The van der Waals surface area contributed by atoms with E-state index in [1.807, 2.05) is 16.8 Å². The standard InChI is InChI=1S/C13H12ClNO2S/c14-10-2-1-3-11(15)12(10)13(16)17-6-4-9-5-7-18-8-9/h1-3,5,7-8H,4,6,15H2. The van der Waals surface area contributed by atoms with Crippen molar-refractivity contribution in [2.24, 2.45) is 0 Å². The molecule has 0 radical (unpaired) electrons. The van der Waals surface area contributed by atoms with Crippen molar-refractivity contribution in [1.82, 2.24) is 0 Å². The number of rotatable bonds is 4. The van der Waals surface area contributed by atoms with Gasteiger partial charge in [0.05, 0.1) is 11.6 Å². The summed E-state index contributed by atoms with van der Waals surface area (Å²) in [7, 11) is 0. The van der Waals surface area contributed by atoms with Crippen molar-refractivity contribution in [2.45, 2.75) is 6.42 Å². The lowest BCUT2D eigenvalue weighted by Crippen LogP contribution is -2.11. The van der Waals surface area contributed by atoms with Crippen molar-refractivity contribution in [1.29, 1.82) is 0 Å². The average Bonchev–Trinajstić information content (AvgIpc) is 2.82. The molecule has 1 aromatic carbocycles. The minimum atomic E-state index is -0.478. The van der Waals surface area contributed by atoms with Gasteiger partial charge in [0.2, 0.25) is 0 Å². The van der Waals surface area contributed by atoms with Gasteiger partial charge in [-0.25, -0.2) is 4.79 Å². The Kier molecular flexibility index (Phi) is 4.23. The van der Waals surface area contributed by atoms with Crippen LogP contribution in [0.2, 0.25) is 5.02 Å². The number of anilines is 1. The van der Waals surface area contributed by atoms with Crippen molar-refractivity contribution in [3.63, 3.8) is 0 Å². The summed E-state index contributed by atoms with van der Waals surface area (Å²) in [6, 6.07) is 6.94. The molecule has 2 aromatic rings. The second-order valence-electron chi connectivity index (χ2n) is 3.72. The molecule has 2 N–H and O–H groups in total. The van der Waals surface area contributed by atoms with Crippen LogP contribution in [0.25, 0.3) is 0 Å². The van der Waals surface area contributed by atoms with E-state index < -0.39 is 5.97 Å². The number of nitrogen functional groups attached to an aromatic ring is 1. The lowest BCUT2D eigenvalue weighted by atomic mass is 10.2. The molecule has 0 bridgehead atoms. The van der Waals surface area contributed by atoms with Crippen LogP contribution in [0.15, 0.2) is 35.0 Å². The molecule has 1 aromatic heterocycles. The second-order valence-corrected chi connectivity index (χ2v) is 4.91. The van der Waals surface area contributed by atoms with Crippen LogP contribution in [0, 0.1) is 0 Å². The van der Waals surface area contributed by atoms with E-state index in [4.69, 9.17) is 22.1 Å². The molecular formula is C13H12ClNO2S. The van der Waals surface area contributed by atoms with Crippen LogP contribution in [0.1, 0.15) is 15.9 Å². The van der Waals surface area contributed by atoms with Crippen LogP contribution in [0.3, 0.4) is 0 Å². The van der Waals surface area contributed by atoms with Crippen molar-refractivity contribution in [2.75, 3.05) is 12.3 Å². The molecule has 2 rings (SSSR count). The number of carbonyl (C=O) groups is 1. The normalized spacial score (nSPS) is 10.3. The molecule has 0 amide bonds. The van der Waals surface area contributed by atoms with E-state index >= 15 is 0 Å². The fraction of sp³-hybridized carbons (Fsp3) is 0.154. The molecule has 5 heteroatoms. The molecule has 3 nitrogen and oxygen atoms in total. The van der Waals surface area contributed by atoms with E-state index in [-0.39, 0.29) is 5.56 Å². The zero-order chi connectivity index (χ0) is 13.0. The molecule has 0 saturated carbocycles. The van der Waals surface area contributed by atoms with Crippen LogP contribution >= 0.6 is 22.9 Å². The van der Waals surface area contributed by atoms with Crippen molar-refractivity contribution in [3.05, 3.63) is 51.2 Å². The van der Waals surface area contributed by atoms with Gasteiger partial charge in [0, 0.05) is 12.1 Å². The second kappa shape index (κ2) is 5.89. The summed E-state index contributed by atoms with van der Waals surface area (Å²) >= 11 is 7.54. The fourth-order valence-electron chi connectivity index (χ4n) is 1.52. The molecule has 0 aliphatic carbocycles. The summed E-state index contributed by atoms with van der Waals surface area (Å²) < 4.78 is 5.16. The number of thiophene rings is 1. The van der Waals surface area contributed by atoms with Crippen LogP contribution < -0.4 is 5.73 Å². The van der Waals surface area contributed by atoms with E-state index in [1.54, 1.807) is 29.5 Å². The van der Waals surface area contributed by atoms with Crippen LogP contribution in [0.4, 0.5) is 5.69 Å². The summed E-state index contributed by atoms with van der Waals surface area (Å²) in [5.41, 5.74) is 7.43. The molecule has 94 valence electrons. The predicted molar refractivity (Wildman–Crippen MR) is 74.2 cm³/mol. The van der Waals surface area contributed by atoms with Gasteiger partial charge >= 0.3 is 5.97 Å². The lowest BCUT2D eigenvalue weighted by molar-refractivity contribution is 0.0511. The summed E-state index contributed by atoms with van der Waals surface area (Å²) in [6.07, 6.45) is 0.694. The van der Waals surface area contributed by atoms with Gasteiger partial charge in [0.1, 0.15) is 5.56 Å². The first-order valence-corrected chi connectivity index (χ1v) is 6.73. The third-order valence-corrected chi connectivity index (χ3v) is 3.50. The number of carbonyl (C=O) groups excluding carboxylic acids is 1. The molecule has 0 unspecified atom stereocenters. The molecule has 0 spiro atoms. The van der Waals surface area contributed by atoms with Crippen LogP contribution in [-0.2, 0) is 11.2 Å². The van der Waals surface area contributed by atoms with Gasteiger partial charge in [-0.15, -0.1) is 0 Å². The predicted octanol–water partition coefficient (Wildman–Crippen LogP) is 3.38. The molecule has 0 aliphatic heterocycles. The summed E-state index contributed by atoms with van der Waals surface area (Å²) in [5.74, 6) is -0.478. The number of halogens is 1. The molecule has 1 heterocycles. The van der Waals surface area contributed by atoms with Gasteiger partial charge in [-0.2, -0.15) is 11.3 Å². The van der Waals surface area contributed by atoms with Crippen LogP contribution in [-0.4, -0.2) is 12.6 Å². The Morgan fingerprint density at radius 1 is 1.39 bits per heavy atom. The minimum absolute atomic E-state index is 0.240. The summed E-state index contributed by atoms with van der Waals surface area (Å²) in [4.78, 5) is 11.8. The number of esters is 1. The molecule has 0 saturated heterocycles. The summed E-state index contributed by atoms with van der Waals surface area (Å²) in [5, 5.41) is 4.33. The maximum Gasteiger partial charge on any atom is 0.341 e. The highest BCUT2D eigenvalue weighted by Crippen LogP contribution is 2.22. The van der Waals surface area contributed by atoms with Crippen molar-refractivity contribution in [3.8, 4) is 0 Å². The maximum absolute atomic E-state index is 11.8. The number of nitrogens with two attached hydrogens (primary N) is 1. The number of hydrogen-bond acceptors (Lipinski definition) is 4. The number of ether oxygens (including phenoxy) is 1. The van der Waals surface area contributed by atoms with Gasteiger partial charge in [-0.3, -0.25) is 0 Å². The fourth-order valence-corrected chi connectivity index (χ4v) is 2.49. The van der Waals surface area contributed by atoms with E-state index in [0.29, 0.717) is 23.7 Å². The zero-order valence-electron chi connectivity index (χ0n) is 9.56. The first kappa shape index (κ1) is 12.9. The van der Waals surface area contributed by atoms with Gasteiger partial charge in [-0.05, 0) is 34.5 Å².